The molecule has 0 fully saturated rings. The van der Waals surface area contributed by atoms with Crippen LogP contribution in [0.15, 0.2) is 30.3 Å². The van der Waals surface area contributed by atoms with Crippen LogP contribution in [-0.4, -0.2) is 15.9 Å². The van der Waals surface area contributed by atoms with Crippen LogP contribution in [0.5, 0.6) is 0 Å². The lowest BCUT2D eigenvalue weighted by molar-refractivity contribution is 0.102. The van der Waals surface area contributed by atoms with Crippen molar-refractivity contribution in [1.82, 2.24) is 4.98 Å². The zero-order chi connectivity index (χ0) is 15.6. The molecule has 1 aromatic heterocycles. The Kier molecular flexibility index (Phi) is 4.28. The Morgan fingerprint density at radius 1 is 1.24 bits per heavy atom. The summed E-state index contributed by atoms with van der Waals surface area (Å²) < 4.78 is 13.5. The first kappa shape index (κ1) is 15.1. The molecule has 6 heteroatoms. The summed E-state index contributed by atoms with van der Waals surface area (Å²) in [6.45, 7) is 3.61. The normalized spacial score (nSPS) is 10.2. The van der Waals surface area contributed by atoms with Crippen LogP contribution >= 0.6 is 12.2 Å². The van der Waals surface area contributed by atoms with Crippen molar-refractivity contribution in [3.63, 3.8) is 0 Å². The predicted molar refractivity (Wildman–Crippen MR) is 84.0 cm³/mol. The SMILES string of the molecule is Cc1ccc(C(=O)Nc2ccc(F)c(C(N)=S)c2)c(C)n1. The van der Waals surface area contributed by atoms with E-state index in [-0.39, 0.29) is 16.5 Å². The van der Waals surface area contributed by atoms with Gasteiger partial charge in [-0.25, -0.2) is 4.39 Å². The van der Waals surface area contributed by atoms with E-state index in [0.717, 1.165) is 5.69 Å². The number of aryl methyl sites for hydroxylation is 2. The van der Waals surface area contributed by atoms with Gasteiger partial charge in [-0.15, -0.1) is 0 Å². The number of hydrogen-bond donors (Lipinski definition) is 2. The van der Waals surface area contributed by atoms with Crippen molar-refractivity contribution < 1.29 is 9.18 Å². The van der Waals surface area contributed by atoms with Crippen LogP contribution in [0.25, 0.3) is 0 Å². The van der Waals surface area contributed by atoms with Gasteiger partial charge < -0.3 is 11.1 Å². The number of amides is 1. The molecular formula is C15H14FN3OS. The maximum Gasteiger partial charge on any atom is 0.257 e. The Labute approximate surface area is 127 Å². The largest absolute Gasteiger partial charge is 0.389 e. The van der Waals surface area contributed by atoms with Crippen LogP contribution < -0.4 is 11.1 Å². The van der Waals surface area contributed by atoms with Crippen LogP contribution in [0.3, 0.4) is 0 Å². The molecule has 1 heterocycles. The van der Waals surface area contributed by atoms with Crippen molar-refractivity contribution in [2.75, 3.05) is 5.32 Å². The van der Waals surface area contributed by atoms with E-state index in [9.17, 15) is 9.18 Å². The van der Waals surface area contributed by atoms with Gasteiger partial charge in [0.1, 0.15) is 10.8 Å². The fourth-order valence-electron chi connectivity index (χ4n) is 1.92. The molecule has 0 radical (unpaired) electrons. The van der Waals surface area contributed by atoms with Crippen molar-refractivity contribution in [3.05, 3.63) is 58.7 Å². The number of anilines is 1. The van der Waals surface area contributed by atoms with Crippen molar-refractivity contribution in [1.29, 1.82) is 0 Å². The minimum Gasteiger partial charge on any atom is -0.389 e. The van der Waals surface area contributed by atoms with Gasteiger partial charge in [0.2, 0.25) is 0 Å². The average Bonchev–Trinajstić information content (AvgIpc) is 2.40. The number of pyridine rings is 1. The van der Waals surface area contributed by atoms with Gasteiger partial charge in [0, 0.05) is 16.9 Å². The summed E-state index contributed by atoms with van der Waals surface area (Å²) in [6.07, 6.45) is 0. The molecule has 0 saturated carbocycles. The summed E-state index contributed by atoms with van der Waals surface area (Å²) in [7, 11) is 0. The van der Waals surface area contributed by atoms with E-state index in [1.165, 1.54) is 18.2 Å². The fraction of sp³-hybridized carbons (Fsp3) is 0.133. The number of aromatic nitrogens is 1. The molecule has 0 unspecified atom stereocenters. The third-order valence-corrected chi connectivity index (χ3v) is 3.18. The van der Waals surface area contributed by atoms with Gasteiger partial charge in [0.25, 0.3) is 5.91 Å². The summed E-state index contributed by atoms with van der Waals surface area (Å²) in [6, 6.07) is 7.53. The summed E-state index contributed by atoms with van der Waals surface area (Å²) in [5, 5.41) is 2.68. The van der Waals surface area contributed by atoms with E-state index in [2.05, 4.69) is 10.3 Å². The van der Waals surface area contributed by atoms with Crippen LogP contribution in [0.4, 0.5) is 10.1 Å². The number of nitrogens with one attached hydrogen (secondary N) is 1. The molecule has 0 aliphatic heterocycles. The highest BCUT2D eigenvalue weighted by atomic mass is 32.1. The quantitative estimate of drug-likeness (QED) is 0.856. The van der Waals surface area contributed by atoms with Crippen LogP contribution in [-0.2, 0) is 0 Å². The molecule has 2 rings (SSSR count). The van der Waals surface area contributed by atoms with Gasteiger partial charge in [0.05, 0.1) is 11.3 Å². The van der Waals surface area contributed by atoms with Crippen molar-refractivity contribution in [3.8, 4) is 0 Å². The van der Waals surface area contributed by atoms with Gasteiger partial charge in [-0.2, -0.15) is 0 Å². The van der Waals surface area contributed by atoms with E-state index in [1.807, 2.05) is 6.92 Å². The first-order chi connectivity index (χ1) is 9.88. The van der Waals surface area contributed by atoms with Crippen LogP contribution in [0, 0.1) is 19.7 Å². The number of rotatable bonds is 3. The highest BCUT2D eigenvalue weighted by Crippen LogP contribution is 2.16. The number of carbonyl (C=O) groups is 1. The number of carbonyl (C=O) groups excluding carboxylic acids is 1. The molecule has 0 aliphatic carbocycles. The molecule has 108 valence electrons. The predicted octanol–water partition coefficient (Wildman–Crippen LogP) is 2.72. The molecule has 0 bridgehead atoms. The monoisotopic (exact) mass is 303 g/mol. The molecule has 1 aromatic carbocycles. The lowest BCUT2D eigenvalue weighted by Gasteiger charge is -2.09. The molecule has 0 saturated heterocycles. The average molecular weight is 303 g/mol. The third kappa shape index (κ3) is 3.41. The molecule has 0 aliphatic rings. The van der Waals surface area contributed by atoms with Gasteiger partial charge in [-0.3, -0.25) is 9.78 Å². The highest BCUT2D eigenvalue weighted by molar-refractivity contribution is 7.80. The van der Waals surface area contributed by atoms with Crippen molar-refractivity contribution in [2.45, 2.75) is 13.8 Å². The zero-order valence-corrected chi connectivity index (χ0v) is 12.4. The molecule has 21 heavy (non-hydrogen) atoms. The molecule has 0 spiro atoms. The summed E-state index contributed by atoms with van der Waals surface area (Å²) in [5.41, 5.74) is 7.88. The van der Waals surface area contributed by atoms with Gasteiger partial charge >= 0.3 is 0 Å². The van der Waals surface area contributed by atoms with Gasteiger partial charge in [0.15, 0.2) is 0 Å². The second-order valence-corrected chi connectivity index (χ2v) is 5.04. The number of thiocarbonyl (C=S) groups is 1. The smallest absolute Gasteiger partial charge is 0.257 e. The molecule has 4 nitrogen and oxygen atoms in total. The minimum atomic E-state index is -0.520. The van der Waals surface area contributed by atoms with E-state index < -0.39 is 5.82 Å². The number of halogens is 1. The molecule has 0 atom stereocenters. The number of nitrogens with two attached hydrogens (primary N) is 1. The Morgan fingerprint density at radius 3 is 2.57 bits per heavy atom. The molecule has 3 N–H and O–H groups in total. The molecular weight excluding hydrogens is 289 g/mol. The lowest BCUT2D eigenvalue weighted by Crippen LogP contribution is -2.16. The van der Waals surface area contributed by atoms with Crippen LogP contribution in [0.2, 0.25) is 0 Å². The molecule has 2 aromatic rings. The van der Waals surface area contributed by atoms with E-state index >= 15 is 0 Å². The first-order valence-electron chi connectivity index (χ1n) is 6.23. The highest BCUT2D eigenvalue weighted by Gasteiger charge is 2.12. The second-order valence-electron chi connectivity index (χ2n) is 4.60. The lowest BCUT2D eigenvalue weighted by atomic mass is 10.1. The number of benzene rings is 1. The third-order valence-electron chi connectivity index (χ3n) is 2.96. The van der Waals surface area contributed by atoms with Crippen molar-refractivity contribution in [2.24, 2.45) is 5.73 Å². The van der Waals surface area contributed by atoms with Gasteiger partial charge in [-0.05, 0) is 44.2 Å². The van der Waals surface area contributed by atoms with Gasteiger partial charge in [-0.1, -0.05) is 12.2 Å². The molecule has 1 amide bonds. The van der Waals surface area contributed by atoms with Crippen LogP contribution in [0.1, 0.15) is 27.3 Å². The topological polar surface area (TPSA) is 68.0 Å². The van der Waals surface area contributed by atoms with E-state index in [1.54, 1.807) is 19.1 Å². The van der Waals surface area contributed by atoms with E-state index in [4.69, 9.17) is 18.0 Å². The number of nitrogens with zero attached hydrogens (tertiary/aromatic N) is 1. The summed E-state index contributed by atoms with van der Waals surface area (Å²) >= 11 is 4.77. The Morgan fingerprint density at radius 2 is 1.95 bits per heavy atom. The van der Waals surface area contributed by atoms with E-state index in [0.29, 0.717) is 16.9 Å². The minimum absolute atomic E-state index is 0.0585. The zero-order valence-electron chi connectivity index (χ0n) is 11.6. The first-order valence-corrected chi connectivity index (χ1v) is 6.64. The Balaban J connectivity index is 2.27. The summed E-state index contributed by atoms with van der Waals surface area (Å²) in [5.74, 6) is -0.839. The number of hydrogen-bond acceptors (Lipinski definition) is 3. The maximum absolute atomic E-state index is 13.5. The standard InChI is InChI=1S/C15H14FN3OS/c1-8-3-5-11(9(2)18-8)15(20)19-10-4-6-13(16)12(7-10)14(17)21/h3-7H,1-2H3,(H2,17,21)(H,19,20). The Bertz CT molecular complexity index is 731. The summed E-state index contributed by atoms with van der Waals surface area (Å²) in [4.78, 5) is 16.4. The maximum atomic E-state index is 13.5. The van der Waals surface area contributed by atoms with Crippen molar-refractivity contribution >= 4 is 28.8 Å². The Hall–Kier alpha value is -2.34. The second kappa shape index (κ2) is 5.97. The fourth-order valence-corrected chi connectivity index (χ4v) is 2.07.